The summed E-state index contributed by atoms with van der Waals surface area (Å²) in [4.78, 5) is 9.12. The molecular weight excluding hydrogens is 238 g/mol. The molecule has 0 saturated carbocycles. The second kappa shape index (κ2) is 7.46. The Kier molecular flexibility index (Phi) is 6.25. The third-order valence-corrected chi connectivity index (χ3v) is 3.08. The number of aromatic nitrogens is 1. The van der Waals surface area contributed by atoms with Crippen LogP contribution in [0.1, 0.15) is 25.1 Å². The monoisotopic (exact) mass is 265 g/mol. The molecule has 1 N–H and O–H groups in total. The molecule has 108 valence electrons. The van der Waals surface area contributed by atoms with E-state index >= 15 is 0 Å². The highest BCUT2D eigenvalue weighted by Crippen LogP contribution is 2.16. The van der Waals surface area contributed by atoms with Gasteiger partial charge in [-0.3, -0.25) is 0 Å². The van der Waals surface area contributed by atoms with Crippen molar-refractivity contribution in [2.75, 3.05) is 38.6 Å². The molecule has 0 aliphatic rings. The van der Waals surface area contributed by atoms with Gasteiger partial charge in [0.05, 0.1) is 6.61 Å². The van der Waals surface area contributed by atoms with E-state index < -0.39 is 0 Å². The Morgan fingerprint density at radius 3 is 2.37 bits per heavy atom. The lowest BCUT2D eigenvalue weighted by Crippen LogP contribution is -2.35. The summed E-state index contributed by atoms with van der Waals surface area (Å²) in [6.45, 7) is 9.43. The molecule has 0 bridgehead atoms. The molecular formula is C15H27N3O. The molecule has 0 spiro atoms. The molecule has 19 heavy (non-hydrogen) atoms. The molecule has 1 aromatic rings. The highest BCUT2D eigenvalue weighted by molar-refractivity contribution is 5.41. The minimum Gasteiger partial charge on any atom is -0.392 e. The van der Waals surface area contributed by atoms with Crippen molar-refractivity contribution in [1.29, 1.82) is 0 Å². The predicted molar refractivity (Wildman–Crippen MR) is 80.5 cm³/mol. The van der Waals surface area contributed by atoms with Crippen LogP contribution < -0.4 is 4.90 Å². The molecule has 0 aromatic carbocycles. The van der Waals surface area contributed by atoms with E-state index in [0.29, 0.717) is 5.92 Å². The number of rotatable bonds is 7. The highest BCUT2D eigenvalue weighted by Gasteiger charge is 2.11. The van der Waals surface area contributed by atoms with E-state index in [1.807, 2.05) is 19.1 Å². The first-order valence-electron chi connectivity index (χ1n) is 6.91. The zero-order chi connectivity index (χ0) is 14.4. The van der Waals surface area contributed by atoms with Gasteiger partial charge in [-0.25, -0.2) is 4.98 Å². The van der Waals surface area contributed by atoms with Gasteiger partial charge in [0.15, 0.2) is 0 Å². The Balaban J connectivity index is 2.86. The van der Waals surface area contributed by atoms with Gasteiger partial charge in [0.25, 0.3) is 0 Å². The molecule has 0 fully saturated rings. The maximum Gasteiger partial charge on any atom is 0.128 e. The summed E-state index contributed by atoms with van der Waals surface area (Å²) >= 11 is 0. The number of aryl methyl sites for hydroxylation is 1. The van der Waals surface area contributed by atoms with Gasteiger partial charge in [-0.05, 0) is 38.6 Å². The molecule has 1 aromatic heterocycles. The van der Waals surface area contributed by atoms with Crippen LogP contribution in [0.5, 0.6) is 0 Å². The van der Waals surface area contributed by atoms with Crippen molar-refractivity contribution in [3.8, 4) is 0 Å². The van der Waals surface area contributed by atoms with Gasteiger partial charge in [0, 0.05) is 25.3 Å². The Morgan fingerprint density at radius 2 is 1.89 bits per heavy atom. The summed E-state index contributed by atoms with van der Waals surface area (Å²) in [5, 5.41) is 9.21. The molecule has 4 heteroatoms. The highest BCUT2D eigenvalue weighted by atomic mass is 16.3. The molecule has 0 atom stereocenters. The lowest BCUT2D eigenvalue weighted by molar-refractivity contribution is 0.280. The van der Waals surface area contributed by atoms with Crippen molar-refractivity contribution in [1.82, 2.24) is 9.88 Å². The van der Waals surface area contributed by atoms with Gasteiger partial charge in [-0.15, -0.1) is 0 Å². The van der Waals surface area contributed by atoms with Gasteiger partial charge in [-0.2, -0.15) is 0 Å². The van der Waals surface area contributed by atoms with E-state index in [9.17, 15) is 5.11 Å². The summed E-state index contributed by atoms with van der Waals surface area (Å²) in [7, 11) is 4.17. The van der Waals surface area contributed by atoms with Crippen LogP contribution in [0.25, 0.3) is 0 Å². The van der Waals surface area contributed by atoms with Crippen LogP contribution in [0.15, 0.2) is 12.1 Å². The average molecular weight is 265 g/mol. The number of anilines is 1. The lowest BCUT2D eigenvalue weighted by Gasteiger charge is -2.27. The molecule has 4 nitrogen and oxygen atoms in total. The second-order valence-electron chi connectivity index (χ2n) is 5.72. The number of pyridine rings is 1. The summed E-state index contributed by atoms with van der Waals surface area (Å²) in [5.74, 6) is 1.60. The van der Waals surface area contributed by atoms with Crippen molar-refractivity contribution >= 4 is 5.82 Å². The smallest absolute Gasteiger partial charge is 0.128 e. The fourth-order valence-corrected chi connectivity index (χ4v) is 1.98. The zero-order valence-corrected chi connectivity index (χ0v) is 12.8. The van der Waals surface area contributed by atoms with Crippen LogP contribution in [0, 0.1) is 12.8 Å². The standard InChI is InChI=1S/C15H27N3O/c1-12(2)10-18(9-8-17(4)5)15-7-6-14(11-19)13(3)16-15/h6-7,12,19H,8-11H2,1-5H3. The van der Waals surface area contributed by atoms with E-state index in [1.165, 1.54) is 0 Å². The third kappa shape index (κ3) is 5.17. The Labute approximate surface area is 117 Å². The largest absolute Gasteiger partial charge is 0.392 e. The van der Waals surface area contributed by atoms with Crippen LogP contribution in [-0.2, 0) is 6.61 Å². The van der Waals surface area contributed by atoms with Crippen LogP contribution in [0.2, 0.25) is 0 Å². The molecule has 1 rings (SSSR count). The van der Waals surface area contributed by atoms with Crippen LogP contribution in [0.4, 0.5) is 5.82 Å². The van der Waals surface area contributed by atoms with Gasteiger partial charge in [0.2, 0.25) is 0 Å². The van der Waals surface area contributed by atoms with E-state index in [-0.39, 0.29) is 6.61 Å². The van der Waals surface area contributed by atoms with Crippen LogP contribution in [-0.4, -0.2) is 48.7 Å². The summed E-state index contributed by atoms with van der Waals surface area (Å²) in [5.41, 5.74) is 1.82. The molecule has 0 aliphatic carbocycles. The number of hydrogen-bond donors (Lipinski definition) is 1. The number of aliphatic hydroxyl groups excluding tert-OH is 1. The Hall–Kier alpha value is -1.13. The first-order valence-corrected chi connectivity index (χ1v) is 6.91. The van der Waals surface area contributed by atoms with E-state index in [4.69, 9.17) is 0 Å². The zero-order valence-electron chi connectivity index (χ0n) is 12.8. The number of likely N-dealkylation sites (N-methyl/N-ethyl adjacent to an activating group) is 1. The molecule has 0 unspecified atom stereocenters. The number of aliphatic hydroxyl groups is 1. The van der Waals surface area contributed by atoms with Crippen molar-refractivity contribution < 1.29 is 5.11 Å². The van der Waals surface area contributed by atoms with Crippen molar-refractivity contribution in [2.24, 2.45) is 5.92 Å². The van der Waals surface area contributed by atoms with Gasteiger partial charge >= 0.3 is 0 Å². The molecule has 0 saturated heterocycles. The average Bonchev–Trinajstić information content (AvgIpc) is 2.33. The quantitative estimate of drug-likeness (QED) is 0.817. The molecule has 0 amide bonds. The van der Waals surface area contributed by atoms with Crippen LogP contribution >= 0.6 is 0 Å². The molecule has 0 aliphatic heterocycles. The topological polar surface area (TPSA) is 39.6 Å². The van der Waals surface area contributed by atoms with Gasteiger partial charge < -0.3 is 14.9 Å². The molecule has 1 heterocycles. The van der Waals surface area contributed by atoms with Crippen molar-refractivity contribution in [3.05, 3.63) is 23.4 Å². The normalized spacial score (nSPS) is 11.4. The first kappa shape index (κ1) is 15.9. The maximum atomic E-state index is 9.21. The summed E-state index contributed by atoms with van der Waals surface area (Å²) in [6.07, 6.45) is 0. The van der Waals surface area contributed by atoms with Gasteiger partial charge in [0.1, 0.15) is 5.82 Å². The maximum absolute atomic E-state index is 9.21. The fraction of sp³-hybridized carbons (Fsp3) is 0.667. The second-order valence-corrected chi connectivity index (χ2v) is 5.72. The van der Waals surface area contributed by atoms with Crippen molar-refractivity contribution in [3.63, 3.8) is 0 Å². The predicted octanol–water partition coefficient (Wildman–Crippen LogP) is 1.91. The number of hydrogen-bond acceptors (Lipinski definition) is 4. The third-order valence-electron chi connectivity index (χ3n) is 3.08. The summed E-state index contributed by atoms with van der Waals surface area (Å²) in [6, 6.07) is 3.98. The molecule has 0 radical (unpaired) electrons. The minimum absolute atomic E-state index is 0.0565. The Morgan fingerprint density at radius 1 is 1.21 bits per heavy atom. The lowest BCUT2D eigenvalue weighted by atomic mass is 10.2. The number of nitrogens with zero attached hydrogens (tertiary/aromatic N) is 3. The van der Waals surface area contributed by atoms with Crippen LogP contribution in [0.3, 0.4) is 0 Å². The minimum atomic E-state index is 0.0565. The SMILES string of the molecule is Cc1nc(N(CCN(C)C)CC(C)C)ccc1CO. The van der Waals surface area contributed by atoms with E-state index in [2.05, 4.69) is 42.7 Å². The first-order chi connectivity index (χ1) is 8.93. The Bertz CT molecular complexity index is 391. The van der Waals surface area contributed by atoms with E-state index in [0.717, 1.165) is 36.7 Å². The van der Waals surface area contributed by atoms with E-state index in [1.54, 1.807) is 0 Å². The van der Waals surface area contributed by atoms with Gasteiger partial charge in [-0.1, -0.05) is 19.9 Å². The fourth-order valence-electron chi connectivity index (χ4n) is 1.98. The summed E-state index contributed by atoms with van der Waals surface area (Å²) < 4.78 is 0. The van der Waals surface area contributed by atoms with Crippen molar-refractivity contribution in [2.45, 2.75) is 27.4 Å².